The molecule has 0 aromatic heterocycles. The lowest BCUT2D eigenvalue weighted by Gasteiger charge is -2.08. The summed E-state index contributed by atoms with van der Waals surface area (Å²) in [6, 6.07) is 6.57. The van der Waals surface area contributed by atoms with E-state index in [1.54, 1.807) is 24.3 Å². The summed E-state index contributed by atoms with van der Waals surface area (Å²) in [4.78, 5) is 11.7. The molecule has 100 valence electrons. The molecule has 0 bridgehead atoms. The molecule has 0 saturated carbocycles. The summed E-state index contributed by atoms with van der Waals surface area (Å²) in [5, 5.41) is 11.5. The van der Waals surface area contributed by atoms with Gasteiger partial charge in [0.05, 0.1) is 11.8 Å². The lowest BCUT2D eigenvalue weighted by molar-refractivity contribution is 0.0757. The standard InChI is InChI=1S/C13H20N2O3/c1-10(2)18-9-3-8-14-13(16)11-4-6-12(15-17)7-5-11/h4-7,10,15,17H,3,8-9H2,1-2H3,(H,14,16). The first kappa shape index (κ1) is 14.5. The van der Waals surface area contributed by atoms with Crippen molar-refractivity contribution in [3.8, 4) is 0 Å². The molecule has 3 N–H and O–H groups in total. The fourth-order valence-electron chi connectivity index (χ4n) is 1.39. The van der Waals surface area contributed by atoms with Gasteiger partial charge in [0.25, 0.3) is 5.91 Å². The molecule has 0 radical (unpaired) electrons. The normalized spacial score (nSPS) is 10.4. The van der Waals surface area contributed by atoms with Gasteiger partial charge in [-0.2, -0.15) is 0 Å². The zero-order valence-electron chi connectivity index (χ0n) is 10.8. The number of carbonyl (C=O) groups is 1. The smallest absolute Gasteiger partial charge is 0.251 e. The predicted octanol–water partition coefficient (Wildman–Crippen LogP) is 2.03. The first-order valence-electron chi connectivity index (χ1n) is 6.03. The van der Waals surface area contributed by atoms with Crippen LogP contribution in [0.25, 0.3) is 0 Å². The summed E-state index contributed by atoms with van der Waals surface area (Å²) in [5.41, 5.74) is 3.14. The van der Waals surface area contributed by atoms with Gasteiger partial charge < -0.3 is 10.1 Å². The van der Waals surface area contributed by atoms with Gasteiger partial charge in [0.2, 0.25) is 0 Å². The van der Waals surface area contributed by atoms with E-state index in [4.69, 9.17) is 9.94 Å². The van der Waals surface area contributed by atoms with Gasteiger partial charge in [0, 0.05) is 18.7 Å². The average Bonchev–Trinajstić information content (AvgIpc) is 2.38. The van der Waals surface area contributed by atoms with Gasteiger partial charge in [-0.1, -0.05) is 0 Å². The quantitative estimate of drug-likeness (QED) is 0.513. The zero-order valence-corrected chi connectivity index (χ0v) is 10.8. The Hall–Kier alpha value is -1.59. The molecule has 0 spiro atoms. The number of benzene rings is 1. The van der Waals surface area contributed by atoms with E-state index in [9.17, 15) is 4.79 Å². The monoisotopic (exact) mass is 252 g/mol. The molecule has 0 saturated heterocycles. The number of nitrogens with one attached hydrogen (secondary N) is 2. The van der Waals surface area contributed by atoms with Crippen LogP contribution in [0.2, 0.25) is 0 Å². The molecule has 1 amide bonds. The highest BCUT2D eigenvalue weighted by molar-refractivity contribution is 5.94. The Balaban J connectivity index is 2.27. The van der Waals surface area contributed by atoms with Crippen molar-refractivity contribution in [1.82, 2.24) is 5.32 Å². The fourth-order valence-corrected chi connectivity index (χ4v) is 1.39. The minimum absolute atomic E-state index is 0.121. The zero-order chi connectivity index (χ0) is 13.4. The van der Waals surface area contributed by atoms with Crippen LogP contribution in [0.5, 0.6) is 0 Å². The van der Waals surface area contributed by atoms with Gasteiger partial charge in [0.1, 0.15) is 0 Å². The Morgan fingerprint density at radius 1 is 1.33 bits per heavy atom. The largest absolute Gasteiger partial charge is 0.379 e. The summed E-state index contributed by atoms with van der Waals surface area (Å²) >= 11 is 0. The molecule has 0 aliphatic rings. The maximum Gasteiger partial charge on any atom is 0.251 e. The topological polar surface area (TPSA) is 70.6 Å². The Bertz CT molecular complexity index is 363. The van der Waals surface area contributed by atoms with Crippen LogP contribution >= 0.6 is 0 Å². The molecular weight excluding hydrogens is 232 g/mol. The molecule has 0 atom stereocenters. The van der Waals surface area contributed by atoms with E-state index in [2.05, 4.69) is 5.32 Å². The van der Waals surface area contributed by atoms with Crippen molar-refractivity contribution in [1.29, 1.82) is 0 Å². The van der Waals surface area contributed by atoms with Crippen molar-refractivity contribution in [2.75, 3.05) is 18.6 Å². The Morgan fingerprint density at radius 2 is 2.00 bits per heavy atom. The van der Waals surface area contributed by atoms with Crippen LogP contribution in [0.3, 0.4) is 0 Å². The first-order valence-corrected chi connectivity index (χ1v) is 6.03. The van der Waals surface area contributed by atoms with Crippen LogP contribution in [0.15, 0.2) is 24.3 Å². The molecule has 0 unspecified atom stereocenters. The van der Waals surface area contributed by atoms with Gasteiger partial charge in [-0.05, 0) is 44.5 Å². The summed E-state index contributed by atoms with van der Waals surface area (Å²) in [6.45, 7) is 5.20. The summed E-state index contributed by atoms with van der Waals surface area (Å²) in [5.74, 6) is -0.121. The SMILES string of the molecule is CC(C)OCCCNC(=O)c1ccc(NO)cc1. The van der Waals surface area contributed by atoms with Crippen molar-refractivity contribution in [2.45, 2.75) is 26.4 Å². The highest BCUT2D eigenvalue weighted by atomic mass is 16.5. The Morgan fingerprint density at radius 3 is 2.56 bits per heavy atom. The first-order chi connectivity index (χ1) is 8.63. The molecule has 0 heterocycles. The van der Waals surface area contributed by atoms with Gasteiger partial charge in [-0.15, -0.1) is 0 Å². The second-order valence-corrected chi connectivity index (χ2v) is 4.22. The van der Waals surface area contributed by atoms with Crippen LogP contribution in [0.4, 0.5) is 5.69 Å². The minimum atomic E-state index is -0.121. The molecule has 1 aromatic rings. The number of amides is 1. The number of hydrogen-bond acceptors (Lipinski definition) is 4. The summed E-state index contributed by atoms with van der Waals surface area (Å²) in [6.07, 6.45) is 1.01. The van der Waals surface area contributed by atoms with Crippen molar-refractivity contribution in [3.05, 3.63) is 29.8 Å². The van der Waals surface area contributed by atoms with Crippen molar-refractivity contribution < 1.29 is 14.7 Å². The Labute approximate surface area is 107 Å². The predicted molar refractivity (Wildman–Crippen MR) is 69.9 cm³/mol. The molecule has 0 aliphatic heterocycles. The van der Waals surface area contributed by atoms with E-state index in [-0.39, 0.29) is 12.0 Å². The molecule has 1 rings (SSSR count). The van der Waals surface area contributed by atoms with Crippen molar-refractivity contribution >= 4 is 11.6 Å². The minimum Gasteiger partial charge on any atom is -0.379 e. The van der Waals surface area contributed by atoms with Crippen molar-refractivity contribution in [2.24, 2.45) is 0 Å². The highest BCUT2D eigenvalue weighted by Crippen LogP contribution is 2.08. The van der Waals surface area contributed by atoms with Crippen LogP contribution < -0.4 is 10.8 Å². The number of rotatable bonds is 7. The number of carbonyl (C=O) groups excluding carboxylic acids is 1. The average molecular weight is 252 g/mol. The Kier molecular flexibility index (Phi) is 6.18. The summed E-state index contributed by atoms with van der Waals surface area (Å²) in [7, 11) is 0. The van der Waals surface area contributed by atoms with E-state index in [0.717, 1.165) is 6.42 Å². The van der Waals surface area contributed by atoms with E-state index >= 15 is 0 Å². The molecule has 0 aliphatic carbocycles. The lowest BCUT2D eigenvalue weighted by Crippen LogP contribution is -2.25. The van der Waals surface area contributed by atoms with Crippen molar-refractivity contribution in [3.63, 3.8) is 0 Å². The molecule has 1 aromatic carbocycles. The fraction of sp³-hybridized carbons (Fsp3) is 0.462. The van der Waals surface area contributed by atoms with E-state index < -0.39 is 0 Å². The van der Waals surface area contributed by atoms with Gasteiger partial charge in [-0.3, -0.25) is 15.5 Å². The number of hydrogen-bond donors (Lipinski definition) is 3. The molecule has 5 nitrogen and oxygen atoms in total. The number of anilines is 1. The molecule has 5 heteroatoms. The van der Waals surface area contributed by atoms with Gasteiger partial charge in [-0.25, -0.2) is 0 Å². The van der Waals surface area contributed by atoms with Crippen LogP contribution in [0.1, 0.15) is 30.6 Å². The van der Waals surface area contributed by atoms with E-state index in [1.807, 2.05) is 19.3 Å². The molecular formula is C13H20N2O3. The maximum atomic E-state index is 11.7. The number of ether oxygens (including phenoxy) is 1. The molecule has 18 heavy (non-hydrogen) atoms. The lowest BCUT2D eigenvalue weighted by atomic mass is 10.2. The molecule has 0 fully saturated rings. The second-order valence-electron chi connectivity index (χ2n) is 4.22. The van der Waals surface area contributed by atoms with E-state index in [0.29, 0.717) is 24.4 Å². The van der Waals surface area contributed by atoms with Crippen LogP contribution in [0, 0.1) is 0 Å². The second kappa shape index (κ2) is 7.68. The summed E-state index contributed by atoms with van der Waals surface area (Å²) < 4.78 is 5.37. The highest BCUT2D eigenvalue weighted by Gasteiger charge is 2.04. The van der Waals surface area contributed by atoms with E-state index in [1.165, 1.54) is 0 Å². The third-order valence-electron chi connectivity index (χ3n) is 2.33. The maximum absolute atomic E-state index is 11.7. The van der Waals surface area contributed by atoms with Gasteiger partial charge >= 0.3 is 0 Å². The van der Waals surface area contributed by atoms with Crippen LogP contribution in [-0.4, -0.2) is 30.4 Å². The third kappa shape index (κ3) is 5.16. The van der Waals surface area contributed by atoms with Crippen LogP contribution in [-0.2, 0) is 4.74 Å². The third-order valence-corrected chi connectivity index (χ3v) is 2.33. The van der Waals surface area contributed by atoms with Gasteiger partial charge in [0.15, 0.2) is 0 Å².